The van der Waals surface area contributed by atoms with Crippen LogP contribution in [0.25, 0.3) is 10.9 Å². The van der Waals surface area contributed by atoms with Gasteiger partial charge in [-0.2, -0.15) is 5.26 Å². The van der Waals surface area contributed by atoms with Crippen LogP contribution < -0.4 is 20.5 Å². The van der Waals surface area contributed by atoms with E-state index < -0.39 is 0 Å². The second kappa shape index (κ2) is 10.4. The topological polar surface area (TPSA) is 116 Å². The van der Waals surface area contributed by atoms with Crippen LogP contribution in [0.4, 0.5) is 16.0 Å². The molecule has 1 amide bonds. The van der Waals surface area contributed by atoms with Gasteiger partial charge in [0.05, 0.1) is 22.6 Å². The molecule has 1 atom stereocenters. The van der Waals surface area contributed by atoms with Gasteiger partial charge in [0, 0.05) is 44.6 Å². The van der Waals surface area contributed by atoms with E-state index in [-0.39, 0.29) is 29.0 Å². The van der Waals surface area contributed by atoms with Gasteiger partial charge in [-0.25, -0.2) is 14.4 Å². The molecule has 0 aliphatic carbocycles. The Hall–Kier alpha value is -4.43. The van der Waals surface area contributed by atoms with E-state index in [2.05, 4.69) is 15.0 Å². The van der Waals surface area contributed by atoms with Gasteiger partial charge in [-0.05, 0) is 60.9 Å². The maximum Gasteiger partial charge on any atom is 0.262 e. The summed E-state index contributed by atoms with van der Waals surface area (Å²) >= 11 is 1.02. The van der Waals surface area contributed by atoms with Crippen LogP contribution in [-0.4, -0.2) is 20.4 Å². The minimum Gasteiger partial charge on any atom is -0.376 e. The van der Waals surface area contributed by atoms with Gasteiger partial charge in [-0.1, -0.05) is 12.1 Å². The number of pyridine rings is 1. The van der Waals surface area contributed by atoms with Gasteiger partial charge in [-0.15, -0.1) is 0 Å². The minimum absolute atomic E-state index is 0.170. The van der Waals surface area contributed by atoms with Crippen LogP contribution in [-0.2, 0) is 24.9 Å². The standard InChI is InChI=1S/C28H26FN7O2S/c1-15-9-22(16(2)31-24-8-7-21(12-30)32-26(24)39-34-17(3)37)25-23(10-15)27(38)35(4)28(33-25)36-13-18-5-6-20(29)11-19(18)14-36/h5-11,16,31H,13-14H2,1-4H3,(H,34,37). The maximum absolute atomic E-state index is 13.8. The molecule has 1 aliphatic heterocycles. The van der Waals surface area contributed by atoms with Gasteiger partial charge in [0.25, 0.3) is 5.56 Å². The number of anilines is 2. The third-order valence-corrected chi connectivity index (χ3v) is 7.50. The van der Waals surface area contributed by atoms with Crippen LogP contribution in [0.3, 0.4) is 0 Å². The number of carbonyl (C=O) groups excluding carboxylic acids is 1. The lowest BCUT2D eigenvalue weighted by Gasteiger charge is -2.23. The molecule has 0 spiro atoms. The summed E-state index contributed by atoms with van der Waals surface area (Å²) in [5, 5.41) is 13.6. The number of benzene rings is 2. The SMILES string of the molecule is CC(=O)NSc1nc(C#N)ccc1NC(C)c1cc(C)cc2c(=O)n(C)c(N3Cc4ccc(F)cc4C3)nc12. The molecule has 2 aromatic heterocycles. The summed E-state index contributed by atoms with van der Waals surface area (Å²) < 4.78 is 18.0. The Morgan fingerprint density at radius 1 is 1.15 bits per heavy atom. The van der Waals surface area contributed by atoms with Crippen molar-refractivity contribution >= 4 is 40.4 Å². The number of nitriles is 1. The van der Waals surface area contributed by atoms with Gasteiger partial charge in [0.15, 0.2) is 0 Å². The summed E-state index contributed by atoms with van der Waals surface area (Å²) in [6.07, 6.45) is 0. The van der Waals surface area contributed by atoms with E-state index in [1.165, 1.54) is 19.1 Å². The van der Waals surface area contributed by atoms with Crippen LogP contribution in [0.1, 0.15) is 47.8 Å². The van der Waals surface area contributed by atoms with E-state index in [1.54, 1.807) is 29.8 Å². The number of nitrogens with zero attached hydrogens (tertiary/aromatic N) is 5. The van der Waals surface area contributed by atoms with E-state index in [1.807, 2.05) is 36.9 Å². The van der Waals surface area contributed by atoms with Crippen LogP contribution in [0.5, 0.6) is 0 Å². The normalized spacial score (nSPS) is 13.2. The molecule has 1 unspecified atom stereocenters. The molecule has 198 valence electrons. The number of fused-ring (bicyclic) bond motifs is 2. The highest BCUT2D eigenvalue weighted by Crippen LogP contribution is 2.32. The zero-order valence-electron chi connectivity index (χ0n) is 21.9. The van der Waals surface area contributed by atoms with E-state index >= 15 is 0 Å². The Morgan fingerprint density at radius 3 is 2.67 bits per heavy atom. The lowest BCUT2D eigenvalue weighted by atomic mass is 10.0. The third-order valence-electron chi connectivity index (χ3n) is 6.61. The monoisotopic (exact) mass is 543 g/mol. The van der Waals surface area contributed by atoms with Crippen molar-refractivity contribution in [2.24, 2.45) is 7.05 Å². The maximum atomic E-state index is 13.8. The van der Waals surface area contributed by atoms with Crippen LogP contribution in [0.15, 0.2) is 52.3 Å². The molecule has 0 bridgehead atoms. The molecule has 2 aromatic carbocycles. The van der Waals surface area contributed by atoms with Gasteiger partial charge in [-0.3, -0.25) is 18.9 Å². The number of aryl methyl sites for hydroxylation is 1. The largest absolute Gasteiger partial charge is 0.376 e. The number of carbonyl (C=O) groups is 1. The molecule has 5 rings (SSSR count). The Kier molecular flexibility index (Phi) is 6.97. The summed E-state index contributed by atoms with van der Waals surface area (Å²) in [6, 6.07) is 13.6. The first-order chi connectivity index (χ1) is 18.6. The number of aromatic nitrogens is 3. The Labute approximate surface area is 228 Å². The predicted molar refractivity (Wildman–Crippen MR) is 149 cm³/mol. The molecule has 0 saturated heterocycles. The lowest BCUT2D eigenvalue weighted by Crippen LogP contribution is -2.28. The highest BCUT2D eigenvalue weighted by Gasteiger charge is 2.25. The molecule has 4 aromatic rings. The van der Waals surface area contributed by atoms with Crippen molar-refractivity contribution in [2.45, 2.75) is 44.9 Å². The van der Waals surface area contributed by atoms with Crippen LogP contribution in [0.2, 0.25) is 0 Å². The van der Waals surface area contributed by atoms with E-state index in [4.69, 9.17) is 4.98 Å². The van der Waals surface area contributed by atoms with Crippen molar-refractivity contribution in [3.05, 3.63) is 86.6 Å². The first-order valence-electron chi connectivity index (χ1n) is 12.3. The number of hydrogen-bond donors (Lipinski definition) is 2. The number of rotatable bonds is 6. The second-order valence-electron chi connectivity index (χ2n) is 9.58. The molecular weight excluding hydrogens is 517 g/mol. The van der Waals surface area contributed by atoms with Gasteiger partial charge >= 0.3 is 0 Å². The number of nitrogens with one attached hydrogen (secondary N) is 2. The summed E-state index contributed by atoms with van der Waals surface area (Å²) in [4.78, 5) is 36.3. The third kappa shape index (κ3) is 5.15. The van der Waals surface area contributed by atoms with Crippen LogP contribution >= 0.6 is 11.9 Å². The first-order valence-corrected chi connectivity index (χ1v) is 13.1. The van der Waals surface area contributed by atoms with Crippen molar-refractivity contribution in [3.63, 3.8) is 0 Å². The highest BCUT2D eigenvalue weighted by atomic mass is 32.2. The quantitative estimate of drug-likeness (QED) is 0.342. The fraction of sp³-hybridized carbons (Fsp3) is 0.250. The van der Waals surface area contributed by atoms with Gasteiger partial charge in [0.1, 0.15) is 22.6 Å². The Balaban J connectivity index is 1.55. The summed E-state index contributed by atoms with van der Waals surface area (Å²) in [5.41, 5.74) is 4.84. The average Bonchev–Trinajstić information content (AvgIpc) is 3.32. The number of hydrogen-bond acceptors (Lipinski definition) is 8. The van der Waals surface area contributed by atoms with E-state index in [0.29, 0.717) is 40.7 Å². The molecule has 11 heteroatoms. The Morgan fingerprint density at radius 2 is 1.92 bits per heavy atom. The molecule has 9 nitrogen and oxygen atoms in total. The molecule has 3 heterocycles. The van der Waals surface area contributed by atoms with Crippen molar-refractivity contribution in [1.29, 1.82) is 5.26 Å². The molecule has 0 radical (unpaired) electrons. The molecular formula is C28H26FN7O2S. The summed E-state index contributed by atoms with van der Waals surface area (Å²) in [7, 11) is 1.70. The smallest absolute Gasteiger partial charge is 0.262 e. The summed E-state index contributed by atoms with van der Waals surface area (Å²) in [6.45, 7) is 6.25. The molecule has 2 N–H and O–H groups in total. The van der Waals surface area contributed by atoms with Crippen molar-refractivity contribution in [1.82, 2.24) is 19.3 Å². The van der Waals surface area contributed by atoms with Crippen molar-refractivity contribution < 1.29 is 9.18 Å². The molecule has 0 saturated carbocycles. The predicted octanol–water partition coefficient (Wildman–Crippen LogP) is 4.48. The van der Waals surface area contributed by atoms with E-state index in [0.717, 1.165) is 34.2 Å². The van der Waals surface area contributed by atoms with Crippen LogP contribution in [0, 0.1) is 24.1 Å². The van der Waals surface area contributed by atoms with Crippen molar-refractivity contribution in [3.8, 4) is 6.07 Å². The molecule has 0 fully saturated rings. The zero-order chi connectivity index (χ0) is 27.8. The fourth-order valence-electron chi connectivity index (χ4n) is 4.78. The number of amides is 1. The second-order valence-corrected chi connectivity index (χ2v) is 10.4. The fourth-order valence-corrected chi connectivity index (χ4v) is 5.40. The highest BCUT2D eigenvalue weighted by molar-refractivity contribution is 7.98. The first kappa shape index (κ1) is 26.2. The summed E-state index contributed by atoms with van der Waals surface area (Å²) in [5.74, 6) is -0.0301. The van der Waals surface area contributed by atoms with Gasteiger partial charge in [0.2, 0.25) is 11.9 Å². The zero-order valence-corrected chi connectivity index (χ0v) is 22.7. The lowest BCUT2D eigenvalue weighted by molar-refractivity contribution is -0.117. The van der Waals surface area contributed by atoms with E-state index in [9.17, 15) is 19.2 Å². The average molecular weight is 544 g/mol. The molecule has 39 heavy (non-hydrogen) atoms. The molecule has 1 aliphatic rings. The van der Waals surface area contributed by atoms with Crippen molar-refractivity contribution in [2.75, 3.05) is 10.2 Å². The minimum atomic E-state index is -0.309. The number of halogens is 1. The van der Waals surface area contributed by atoms with Gasteiger partial charge < -0.3 is 10.2 Å². The Bertz CT molecular complexity index is 1730.